The van der Waals surface area contributed by atoms with Crippen molar-refractivity contribution in [2.45, 2.75) is 19.0 Å². The third-order valence-corrected chi connectivity index (χ3v) is 4.24. The third kappa shape index (κ3) is 2.67. The van der Waals surface area contributed by atoms with E-state index in [1.807, 2.05) is 0 Å². The highest BCUT2D eigenvalue weighted by molar-refractivity contribution is 7.91. The van der Waals surface area contributed by atoms with Crippen molar-refractivity contribution in [3.8, 4) is 0 Å². The standard InChI is InChI=1S/C9H14N4O2S/c10-5-9-11-3-1-8(13-9)12-7-2-4-16(14,15)6-7/h1,3,7H,2,4-6,10H2,(H,11,12,13). The molecule has 0 amide bonds. The lowest BCUT2D eigenvalue weighted by Crippen LogP contribution is -2.21. The minimum absolute atomic E-state index is 0.0504. The molecule has 1 saturated heterocycles. The summed E-state index contributed by atoms with van der Waals surface area (Å²) in [5.41, 5.74) is 5.42. The van der Waals surface area contributed by atoms with E-state index < -0.39 is 9.84 Å². The van der Waals surface area contributed by atoms with Gasteiger partial charge < -0.3 is 11.1 Å². The fraction of sp³-hybridized carbons (Fsp3) is 0.556. The Labute approximate surface area is 94.2 Å². The second-order valence-electron chi connectivity index (χ2n) is 3.81. The second-order valence-corrected chi connectivity index (χ2v) is 6.04. The smallest absolute Gasteiger partial charge is 0.152 e. The molecule has 0 aliphatic carbocycles. The Morgan fingerprint density at radius 1 is 1.56 bits per heavy atom. The lowest BCUT2D eigenvalue weighted by molar-refractivity contribution is 0.602. The predicted octanol–water partition coefficient (Wildman–Crippen LogP) is -0.466. The van der Waals surface area contributed by atoms with Gasteiger partial charge in [0.05, 0.1) is 18.1 Å². The van der Waals surface area contributed by atoms with Crippen LogP contribution in [0.25, 0.3) is 0 Å². The zero-order valence-electron chi connectivity index (χ0n) is 8.76. The largest absolute Gasteiger partial charge is 0.366 e. The average molecular weight is 242 g/mol. The van der Waals surface area contributed by atoms with E-state index in [0.717, 1.165) is 0 Å². The summed E-state index contributed by atoms with van der Waals surface area (Å²) in [6, 6.07) is 1.66. The summed E-state index contributed by atoms with van der Waals surface area (Å²) < 4.78 is 22.5. The zero-order chi connectivity index (χ0) is 11.6. The molecule has 1 atom stereocenters. The number of sulfone groups is 1. The van der Waals surface area contributed by atoms with E-state index in [-0.39, 0.29) is 24.1 Å². The summed E-state index contributed by atoms with van der Waals surface area (Å²) >= 11 is 0. The topological polar surface area (TPSA) is 98.0 Å². The van der Waals surface area contributed by atoms with Crippen LogP contribution >= 0.6 is 0 Å². The van der Waals surface area contributed by atoms with Gasteiger partial charge in [-0.3, -0.25) is 0 Å². The van der Waals surface area contributed by atoms with E-state index in [0.29, 0.717) is 18.1 Å². The highest BCUT2D eigenvalue weighted by atomic mass is 32.2. The summed E-state index contributed by atoms with van der Waals surface area (Å²) in [6.07, 6.45) is 2.24. The first-order valence-corrected chi connectivity index (χ1v) is 6.90. The molecule has 3 N–H and O–H groups in total. The van der Waals surface area contributed by atoms with Crippen LogP contribution in [0.3, 0.4) is 0 Å². The average Bonchev–Trinajstić information content (AvgIpc) is 2.58. The molecule has 0 aromatic carbocycles. The van der Waals surface area contributed by atoms with Crippen molar-refractivity contribution < 1.29 is 8.42 Å². The molecule has 1 aromatic heterocycles. The van der Waals surface area contributed by atoms with Crippen LogP contribution < -0.4 is 11.1 Å². The van der Waals surface area contributed by atoms with Crippen LogP contribution in [0, 0.1) is 0 Å². The summed E-state index contributed by atoms with van der Waals surface area (Å²) in [4.78, 5) is 8.13. The van der Waals surface area contributed by atoms with Gasteiger partial charge in [0.1, 0.15) is 11.6 Å². The van der Waals surface area contributed by atoms with Crippen molar-refractivity contribution in [2.75, 3.05) is 16.8 Å². The maximum Gasteiger partial charge on any atom is 0.152 e. The van der Waals surface area contributed by atoms with Crippen LogP contribution in [0.15, 0.2) is 12.3 Å². The van der Waals surface area contributed by atoms with Gasteiger partial charge in [-0.25, -0.2) is 18.4 Å². The molecule has 0 radical (unpaired) electrons. The van der Waals surface area contributed by atoms with Crippen molar-refractivity contribution in [2.24, 2.45) is 5.73 Å². The molecule has 1 aromatic rings. The quantitative estimate of drug-likeness (QED) is 0.744. The summed E-state index contributed by atoms with van der Waals surface area (Å²) in [7, 11) is -2.86. The van der Waals surface area contributed by atoms with E-state index in [4.69, 9.17) is 5.73 Å². The number of hydrogen-bond acceptors (Lipinski definition) is 6. The van der Waals surface area contributed by atoms with Crippen molar-refractivity contribution in [3.05, 3.63) is 18.1 Å². The minimum Gasteiger partial charge on any atom is -0.366 e. The predicted molar refractivity (Wildman–Crippen MR) is 60.6 cm³/mol. The Morgan fingerprint density at radius 2 is 2.38 bits per heavy atom. The second kappa shape index (κ2) is 4.34. The molecule has 0 spiro atoms. The highest BCUT2D eigenvalue weighted by Gasteiger charge is 2.27. The number of nitrogens with two attached hydrogens (primary N) is 1. The summed E-state index contributed by atoms with van der Waals surface area (Å²) in [5, 5.41) is 3.09. The fourth-order valence-electron chi connectivity index (χ4n) is 1.70. The van der Waals surface area contributed by atoms with E-state index in [2.05, 4.69) is 15.3 Å². The first-order chi connectivity index (χ1) is 7.59. The number of rotatable bonds is 3. The Balaban J connectivity index is 2.04. The number of anilines is 1. The van der Waals surface area contributed by atoms with Crippen LogP contribution in [0.2, 0.25) is 0 Å². The number of aromatic nitrogens is 2. The number of nitrogens with zero attached hydrogens (tertiary/aromatic N) is 2. The van der Waals surface area contributed by atoms with Gasteiger partial charge in [-0.05, 0) is 12.5 Å². The van der Waals surface area contributed by atoms with Gasteiger partial charge in [0.2, 0.25) is 0 Å². The number of nitrogens with one attached hydrogen (secondary N) is 1. The zero-order valence-corrected chi connectivity index (χ0v) is 9.57. The van der Waals surface area contributed by atoms with Gasteiger partial charge in [0, 0.05) is 12.2 Å². The highest BCUT2D eigenvalue weighted by Crippen LogP contribution is 2.15. The molecular formula is C9H14N4O2S. The molecule has 1 fully saturated rings. The van der Waals surface area contributed by atoms with Gasteiger partial charge in [-0.1, -0.05) is 0 Å². The van der Waals surface area contributed by atoms with Crippen molar-refractivity contribution in [3.63, 3.8) is 0 Å². The van der Waals surface area contributed by atoms with Crippen molar-refractivity contribution in [1.82, 2.24) is 9.97 Å². The molecule has 2 heterocycles. The first kappa shape index (κ1) is 11.3. The molecule has 1 aliphatic rings. The van der Waals surface area contributed by atoms with Crippen LogP contribution in [0.1, 0.15) is 12.2 Å². The molecule has 88 valence electrons. The van der Waals surface area contributed by atoms with Crippen LogP contribution in [-0.2, 0) is 16.4 Å². The molecule has 0 bridgehead atoms. The lowest BCUT2D eigenvalue weighted by Gasteiger charge is -2.11. The van der Waals surface area contributed by atoms with E-state index in [9.17, 15) is 8.42 Å². The lowest BCUT2D eigenvalue weighted by atomic mass is 10.2. The summed E-state index contributed by atoms with van der Waals surface area (Å²) in [5.74, 6) is 1.61. The van der Waals surface area contributed by atoms with Gasteiger partial charge in [0.15, 0.2) is 9.84 Å². The maximum atomic E-state index is 11.3. The molecular weight excluding hydrogens is 228 g/mol. The van der Waals surface area contributed by atoms with E-state index >= 15 is 0 Å². The van der Waals surface area contributed by atoms with Gasteiger partial charge in [-0.2, -0.15) is 0 Å². The Hall–Kier alpha value is -1.21. The molecule has 1 aliphatic heterocycles. The minimum atomic E-state index is -2.86. The van der Waals surface area contributed by atoms with Gasteiger partial charge >= 0.3 is 0 Å². The van der Waals surface area contributed by atoms with Crippen LogP contribution in [-0.4, -0.2) is 35.9 Å². The van der Waals surface area contributed by atoms with Crippen LogP contribution in [0.5, 0.6) is 0 Å². The molecule has 1 unspecified atom stereocenters. The third-order valence-electron chi connectivity index (χ3n) is 2.47. The van der Waals surface area contributed by atoms with E-state index in [1.165, 1.54) is 0 Å². The summed E-state index contributed by atoms with van der Waals surface area (Å²) in [6.45, 7) is 0.276. The Kier molecular flexibility index (Phi) is 3.06. The molecule has 16 heavy (non-hydrogen) atoms. The molecule has 2 rings (SSSR count). The fourth-order valence-corrected chi connectivity index (χ4v) is 3.37. The maximum absolute atomic E-state index is 11.3. The SMILES string of the molecule is NCc1nccc(NC2CCS(=O)(=O)C2)n1. The van der Waals surface area contributed by atoms with Gasteiger partial charge in [0.25, 0.3) is 0 Å². The normalized spacial score (nSPS) is 23.2. The van der Waals surface area contributed by atoms with Crippen molar-refractivity contribution in [1.29, 1.82) is 0 Å². The Bertz CT molecular complexity index is 474. The molecule has 6 nitrogen and oxygen atoms in total. The molecule has 0 saturated carbocycles. The van der Waals surface area contributed by atoms with Crippen LogP contribution in [0.4, 0.5) is 5.82 Å². The van der Waals surface area contributed by atoms with Crippen molar-refractivity contribution >= 4 is 15.7 Å². The Morgan fingerprint density at radius 3 is 3.00 bits per heavy atom. The first-order valence-electron chi connectivity index (χ1n) is 5.08. The van der Waals surface area contributed by atoms with Gasteiger partial charge in [-0.15, -0.1) is 0 Å². The monoisotopic (exact) mass is 242 g/mol. The van der Waals surface area contributed by atoms with E-state index in [1.54, 1.807) is 12.3 Å². The number of hydrogen-bond donors (Lipinski definition) is 2. The molecule has 7 heteroatoms.